The van der Waals surface area contributed by atoms with Gasteiger partial charge in [0.25, 0.3) is 10.0 Å². The Balaban J connectivity index is 2.12. The van der Waals surface area contributed by atoms with Crippen LogP contribution in [0.3, 0.4) is 0 Å². The lowest BCUT2D eigenvalue weighted by Crippen LogP contribution is -2.53. The standard InChI is InChI=1S/C32H39Cl2N3O4S/c1-7-23(5)35-32(39)29(8-2)36(19-25-14-17-27(33)28(34)18-25)31(38)20-37(30-11-9-10-22(4)24(30)6)42(40,41)26-15-12-21(3)13-16-26/h9-18,23,29H,7-8,19-20H2,1-6H3,(H,35,39). The maximum absolute atomic E-state index is 14.3. The fourth-order valence-electron chi connectivity index (χ4n) is 4.55. The van der Waals surface area contributed by atoms with E-state index in [0.29, 0.717) is 27.7 Å². The molecule has 0 bridgehead atoms. The van der Waals surface area contributed by atoms with Crippen molar-refractivity contribution in [3.63, 3.8) is 0 Å². The Morgan fingerprint density at radius 2 is 1.57 bits per heavy atom. The van der Waals surface area contributed by atoms with Gasteiger partial charge in [-0.05, 0) is 87.6 Å². The van der Waals surface area contributed by atoms with Crippen molar-refractivity contribution in [3.8, 4) is 0 Å². The van der Waals surface area contributed by atoms with Crippen LogP contribution >= 0.6 is 23.2 Å². The van der Waals surface area contributed by atoms with Crippen molar-refractivity contribution in [3.05, 3.63) is 93.0 Å². The molecule has 0 heterocycles. The second kappa shape index (κ2) is 14.4. The molecule has 7 nitrogen and oxygen atoms in total. The number of hydrogen-bond donors (Lipinski definition) is 1. The maximum Gasteiger partial charge on any atom is 0.264 e. The van der Waals surface area contributed by atoms with Crippen molar-refractivity contribution < 1.29 is 18.0 Å². The Morgan fingerprint density at radius 1 is 0.905 bits per heavy atom. The van der Waals surface area contributed by atoms with E-state index in [2.05, 4.69) is 5.32 Å². The molecule has 0 saturated carbocycles. The topological polar surface area (TPSA) is 86.8 Å². The van der Waals surface area contributed by atoms with E-state index in [4.69, 9.17) is 23.2 Å². The molecule has 0 radical (unpaired) electrons. The van der Waals surface area contributed by atoms with E-state index < -0.39 is 28.5 Å². The molecule has 0 aliphatic rings. The van der Waals surface area contributed by atoms with Crippen molar-refractivity contribution in [2.75, 3.05) is 10.8 Å². The van der Waals surface area contributed by atoms with Crippen LogP contribution in [0.2, 0.25) is 10.0 Å². The van der Waals surface area contributed by atoms with Crippen LogP contribution in [0.5, 0.6) is 0 Å². The Kier molecular flexibility index (Phi) is 11.5. The molecule has 0 fully saturated rings. The van der Waals surface area contributed by atoms with Crippen LogP contribution in [0.25, 0.3) is 0 Å². The van der Waals surface area contributed by atoms with Gasteiger partial charge in [0.2, 0.25) is 11.8 Å². The van der Waals surface area contributed by atoms with Gasteiger partial charge in [0.1, 0.15) is 12.6 Å². The van der Waals surface area contributed by atoms with Crippen LogP contribution in [0.1, 0.15) is 55.9 Å². The minimum absolute atomic E-state index is 0.0351. The smallest absolute Gasteiger partial charge is 0.264 e. The largest absolute Gasteiger partial charge is 0.352 e. The van der Waals surface area contributed by atoms with Crippen LogP contribution in [0.15, 0.2) is 65.6 Å². The summed E-state index contributed by atoms with van der Waals surface area (Å²) in [7, 11) is -4.15. The molecular weight excluding hydrogens is 593 g/mol. The quantitative estimate of drug-likeness (QED) is 0.237. The predicted molar refractivity (Wildman–Crippen MR) is 171 cm³/mol. The molecule has 3 rings (SSSR count). The summed E-state index contributed by atoms with van der Waals surface area (Å²) in [5, 5.41) is 3.66. The zero-order valence-electron chi connectivity index (χ0n) is 24.9. The highest BCUT2D eigenvalue weighted by Gasteiger charge is 2.34. The molecule has 0 spiro atoms. The second-order valence-electron chi connectivity index (χ2n) is 10.6. The number of aryl methyl sites for hydroxylation is 2. The highest BCUT2D eigenvalue weighted by atomic mass is 35.5. The van der Waals surface area contributed by atoms with Crippen LogP contribution in [-0.4, -0.2) is 43.8 Å². The van der Waals surface area contributed by atoms with E-state index in [-0.39, 0.29) is 23.4 Å². The summed E-state index contributed by atoms with van der Waals surface area (Å²) in [6.45, 7) is 10.8. The molecule has 0 aliphatic carbocycles. The van der Waals surface area contributed by atoms with Crippen LogP contribution < -0.4 is 9.62 Å². The number of halogens is 2. The normalized spacial score (nSPS) is 12.9. The summed E-state index contributed by atoms with van der Waals surface area (Å²) in [6, 6.07) is 15.9. The molecule has 2 unspecified atom stereocenters. The lowest BCUT2D eigenvalue weighted by Gasteiger charge is -2.34. The Bertz CT molecular complexity index is 1530. The van der Waals surface area contributed by atoms with Crippen molar-refractivity contribution >= 4 is 50.7 Å². The van der Waals surface area contributed by atoms with Gasteiger partial charge in [-0.2, -0.15) is 0 Å². The summed E-state index contributed by atoms with van der Waals surface area (Å²) in [4.78, 5) is 29.2. The number of nitrogens with zero attached hydrogens (tertiary/aromatic N) is 2. The van der Waals surface area contributed by atoms with Gasteiger partial charge in [0, 0.05) is 12.6 Å². The van der Waals surface area contributed by atoms with Crippen molar-refractivity contribution in [1.29, 1.82) is 0 Å². The third kappa shape index (κ3) is 7.85. The first-order valence-electron chi connectivity index (χ1n) is 14.0. The van der Waals surface area contributed by atoms with Gasteiger partial charge in [-0.1, -0.05) is 72.9 Å². The van der Waals surface area contributed by atoms with Gasteiger partial charge in [0.05, 0.1) is 20.6 Å². The van der Waals surface area contributed by atoms with Crippen LogP contribution in [0, 0.1) is 20.8 Å². The highest BCUT2D eigenvalue weighted by molar-refractivity contribution is 7.92. The third-order valence-corrected chi connectivity index (χ3v) is 9.97. The maximum atomic E-state index is 14.3. The molecule has 10 heteroatoms. The molecule has 3 aromatic rings. The first kappa shape index (κ1) is 33.4. The molecule has 1 N–H and O–H groups in total. The van der Waals surface area contributed by atoms with Gasteiger partial charge in [-0.15, -0.1) is 0 Å². The minimum Gasteiger partial charge on any atom is -0.352 e. The molecular formula is C32H39Cl2N3O4S. The van der Waals surface area contributed by atoms with Crippen molar-refractivity contribution in [1.82, 2.24) is 10.2 Å². The Hall–Kier alpha value is -3.07. The fraction of sp³-hybridized carbons (Fsp3) is 0.375. The summed E-state index contributed by atoms with van der Waals surface area (Å²) in [5.74, 6) is -0.830. The van der Waals surface area contributed by atoms with Crippen LogP contribution in [-0.2, 0) is 26.2 Å². The zero-order valence-corrected chi connectivity index (χ0v) is 27.3. The van der Waals surface area contributed by atoms with E-state index in [9.17, 15) is 18.0 Å². The van der Waals surface area contributed by atoms with Crippen molar-refractivity contribution in [2.24, 2.45) is 0 Å². The molecule has 2 amide bonds. The number of carbonyl (C=O) groups excluding carboxylic acids is 2. The first-order valence-corrected chi connectivity index (χ1v) is 16.2. The summed E-state index contributed by atoms with van der Waals surface area (Å²) in [6.07, 6.45) is 1.04. The number of carbonyl (C=O) groups is 2. The van der Waals surface area contributed by atoms with Gasteiger partial charge >= 0.3 is 0 Å². The minimum atomic E-state index is -4.15. The molecule has 0 aliphatic heterocycles. The van der Waals surface area contributed by atoms with Crippen LogP contribution in [0.4, 0.5) is 5.69 Å². The number of amides is 2. The molecule has 0 aromatic heterocycles. The average molecular weight is 633 g/mol. The third-order valence-electron chi connectivity index (χ3n) is 7.46. The number of rotatable bonds is 12. The monoisotopic (exact) mass is 631 g/mol. The van der Waals surface area contributed by atoms with E-state index in [0.717, 1.165) is 27.4 Å². The van der Waals surface area contributed by atoms with E-state index in [1.807, 2.05) is 47.6 Å². The zero-order chi connectivity index (χ0) is 31.2. The van der Waals surface area contributed by atoms with E-state index >= 15 is 0 Å². The summed E-state index contributed by atoms with van der Waals surface area (Å²) in [5.41, 5.74) is 3.59. The predicted octanol–water partition coefficient (Wildman–Crippen LogP) is 6.84. The van der Waals surface area contributed by atoms with Gasteiger partial charge in [0.15, 0.2) is 0 Å². The summed E-state index contributed by atoms with van der Waals surface area (Å²) < 4.78 is 29.4. The number of nitrogens with one attached hydrogen (secondary N) is 1. The number of sulfonamides is 1. The first-order chi connectivity index (χ1) is 19.8. The molecule has 226 valence electrons. The second-order valence-corrected chi connectivity index (χ2v) is 13.2. The van der Waals surface area contributed by atoms with Gasteiger partial charge < -0.3 is 10.2 Å². The number of anilines is 1. The van der Waals surface area contributed by atoms with Crippen molar-refractivity contribution in [2.45, 2.75) is 77.9 Å². The summed E-state index contributed by atoms with van der Waals surface area (Å²) >= 11 is 12.4. The van der Waals surface area contributed by atoms with E-state index in [1.54, 1.807) is 42.5 Å². The number of hydrogen-bond acceptors (Lipinski definition) is 4. The molecule has 3 aromatic carbocycles. The molecule has 0 saturated heterocycles. The average Bonchev–Trinajstić information content (AvgIpc) is 2.95. The van der Waals surface area contributed by atoms with Gasteiger partial charge in [-0.25, -0.2) is 8.42 Å². The molecule has 2 atom stereocenters. The Morgan fingerprint density at radius 3 is 2.17 bits per heavy atom. The fourth-order valence-corrected chi connectivity index (χ4v) is 6.34. The lowest BCUT2D eigenvalue weighted by atomic mass is 10.1. The number of benzene rings is 3. The highest BCUT2D eigenvalue weighted by Crippen LogP contribution is 2.30. The van der Waals surface area contributed by atoms with Gasteiger partial charge in [-0.3, -0.25) is 13.9 Å². The SMILES string of the molecule is CCC(C)NC(=O)C(CC)N(Cc1ccc(Cl)c(Cl)c1)C(=O)CN(c1cccc(C)c1C)S(=O)(=O)c1ccc(C)cc1. The Labute approximate surface area is 259 Å². The molecule has 42 heavy (non-hydrogen) atoms. The van der Waals surface area contributed by atoms with E-state index in [1.165, 1.54) is 17.0 Å². The lowest BCUT2D eigenvalue weighted by molar-refractivity contribution is -0.140.